The summed E-state index contributed by atoms with van der Waals surface area (Å²) in [6, 6.07) is 11.6. The number of hydrogen-bond acceptors (Lipinski definition) is 6. The molecule has 10 heteroatoms. The van der Waals surface area contributed by atoms with Gasteiger partial charge in [0.1, 0.15) is 0 Å². The molecule has 152 valence electrons. The zero-order valence-corrected chi connectivity index (χ0v) is 18.3. The van der Waals surface area contributed by atoms with Gasteiger partial charge in [0.15, 0.2) is 0 Å². The SMILES string of the molecule is Cc1ccc(C(C)NS(=O)(=O)c2nnc(NC(=O)c3ccc(Cl)cc3)s2)cc1C. The van der Waals surface area contributed by atoms with E-state index in [1.807, 2.05) is 32.0 Å². The third-order valence-electron chi connectivity index (χ3n) is 4.33. The largest absolute Gasteiger partial charge is 0.296 e. The van der Waals surface area contributed by atoms with Crippen LogP contribution in [0.5, 0.6) is 0 Å². The predicted molar refractivity (Wildman–Crippen MR) is 114 cm³/mol. The maximum Gasteiger partial charge on any atom is 0.270 e. The van der Waals surface area contributed by atoms with Crippen molar-refractivity contribution in [1.29, 1.82) is 0 Å². The quantitative estimate of drug-likeness (QED) is 0.550. The van der Waals surface area contributed by atoms with Gasteiger partial charge >= 0.3 is 0 Å². The minimum Gasteiger partial charge on any atom is -0.296 e. The molecule has 29 heavy (non-hydrogen) atoms. The van der Waals surface area contributed by atoms with E-state index in [0.717, 1.165) is 28.0 Å². The number of nitrogens with one attached hydrogen (secondary N) is 2. The molecule has 0 aliphatic carbocycles. The number of rotatable bonds is 6. The molecule has 0 radical (unpaired) electrons. The molecule has 3 aromatic rings. The van der Waals surface area contributed by atoms with Crippen LogP contribution in [0.15, 0.2) is 46.8 Å². The lowest BCUT2D eigenvalue weighted by Crippen LogP contribution is -2.26. The Morgan fingerprint density at radius 1 is 1.07 bits per heavy atom. The molecular formula is C19H19ClN4O3S2. The summed E-state index contributed by atoms with van der Waals surface area (Å²) in [5, 5.41) is 10.6. The summed E-state index contributed by atoms with van der Waals surface area (Å²) in [6.07, 6.45) is 0. The number of halogens is 1. The fourth-order valence-corrected chi connectivity index (χ4v) is 4.79. The van der Waals surface area contributed by atoms with Crippen LogP contribution in [0.1, 0.15) is 40.0 Å². The minimum atomic E-state index is -3.89. The summed E-state index contributed by atoms with van der Waals surface area (Å²) < 4.78 is 27.7. The van der Waals surface area contributed by atoms with Gasteiger partial charge in [-0.2, -0.15) is 0 Å². The molecule has 1 amide bonds. The monoisotopic (exact) mass is 450 g/mol. The Hall–Kier alpha value is -2.33. The molecule has 1 heterocycles. The normalized spacial score (nSPS) is 12.6. The highest BCUT2D eigenvalue weighted by atomic mass is 35.5. The zero-order chi connectivity index (χ0) is 21.2. The lowest BCUT2D eigenvalue weighted by molar-refractivity contribution is 0.102. The molecule has 3 rings (SSSR count). The van der Waals surface area contributed by atoms with Crippen LogP contribution in [0.25, 0.3) is 0 Å². The van der Waals surface area contributed by atoms with E-state index in [1.54, 1.807) is 31.2 Å². The zero-order valence-electron chi connectivity index (χ0n) is 15.9. The molecule has 2 N–H and O–H groups in total. The van der Waals surface area contributed by atoms with Crippen molar-refractivity contribution in [3.05, 3.63) is 69.7 Å². The van der Waals surface area contributed by atoms with E-state index in [9.17, 15) is 13.2 Å². The topological polar surface area (TPSA) is 101 Å². The molecule has 0 saturated carbocycles. The minimum absolute atomic E-state index is 0.0872. The fourth-order valence-electron chi connectivity index (χ4n) is 2.52. The van der Waals surface area contributed by atoms with Gasteiger partial charge in [0.25, 0.3) is 15.9 Å². The Balaban J connectivity index is 1.71. The standard InChI is InChI=1S/C19H19ClN4O3S2/c1-11-4-5-15(10-12(11)2)13(3)24-29(26,27)19-23-22-18(28-19)21-17(25)14-6-8-16(20)9-7-14/h4-10,13,24H,1-3H3,(H,21,22,25). The van der Waals surface area contributed by atoms with Gasteiger partial charge in [-0.05, 0) is 61.7 Å². The van der Waals surface area contributed by atoms with Gasteiger partial charge in [0.2, 0.25) is 9.47 Å². The van der Waals surface area contributed by atoms with Gasteiger partial charge in [-0.25, -0.2) is 13.1 Å². The van der Waals surface area contributed by atoms with E-state index in [1.165, 1.54) is 0 Å². The third-order valence-corrected chi connectivity index (χ3v) is 7.32. The maximum absolute atomic E-state index is 12.6. The highest BCUT2D eigenvalue weighted by Crippen LogP contribution is 2.24. The van der Waals surface area contributed by atoms with Gasteiger partial charge in [0, 0.05) is 16.6 Å². The molecule has 0 spiro atoms. The second kappa shape index (κ2) is 8.58. The van der Waals surface area contributed by atoms with Crippen LogP contribution < -0.4 is 10.0 Å². The first kappa shape index (κ1) is 21.4. The Kier molecular flexibility index (Phi) is 6.33. The van der Waals surface area contributed by atoms with Crippen molar-refractivity contribution in [1.82, 2.24) is 14.9 Å². The number of hydrogen-bond donors (Lipinski definition) is 2. The molecule has 0 bridgehead atoms. The predicted octanol–water partition coefficient (Wildman–Crippen LogP) is 4.10. The fraction of sp³-hybridized carbons (Fsp3) is 0.211. The van der Waals surface area contributed by atoms with Crippen LogP contribution in [0.4, 0.5) is 5.13 Å². The summed E-state index contributed by atoms with van der Waals surface area (Å²) in [6.45, 7) is 5.72. The van der Waals surface area contributed by atoms with E-state index in [-0.39, 0.29) is 9.47 Å². The van der Waals surface area contributed by atoms with Gasteiger partial charge < -0.3 is 0 Å². The van der Waals surface area contributed by atoms with Gasteiger partial charge in [0.05, 0.1) is 0 Å². The van der Waals surface area contributed by atoms with Crippen LogP contribution in [-0.2, 0) is 10.0 Å². The highest BCUT2D eigenvalue weighted by molar-refractivity contribution is 7.91. The second-order valence-electron chi connectivity index (χ2n) is 6.52. The third kappa shape index (κ3) is 5.18. The smallest absolute Gasteiger partial charge is 0.270 e. The number of anilines is 1. The summed E-state index contributed by atoms with van der Waals surface area (Å²) in [5.74, 6) is -0.432. The molecule has 2 aromatic carbocycles. The first-order chi connectivity index (χ1) is 13.7. The highest BCUT2D eigenvalue weighted by Gasteiger charge is 2.24. The van der Waals surface area contributed by atoms with Crippen LogP contribution in [0.3, 0.4) is 0 Å². The van der Waals surface area contributed by atoms with Crippen molar-refractivity contribution in [2.75, 3.05) is 5.32 Å². The molecular weight excluding hydrogens is 432 g/mol. The number of nitrogens with zero attached hydrogens (tertiary/aromatic N) is 2. The van der Waals surface area contributed by atoms with Crippen LogP contribution in [0.2, 0.25) is 5.02 Å². The lowest BCUT2D eigenvalue weighted by atomic mass is 10.0. The molecule has 0 aliphatic heterocycles. The van der Waals surface area contributed by atoms with E-state index in [4.69, 9.17) is 11.6 Å². The molecule has 0 fully saturated rings. The summed E-state index contributed by atoms with van der Waals surface area (Å²) in [4.78, 5) is 12.2. The van der Waals surface area contributed by atoms with Crippen molar-refractivity contribution in [2.45, 2.75) is 31.2 Å². The van der Waals surface area contributed by atoms with E-state index in [0.29, 0.717) is 10.6 Å². The second-order valence-corrected chi connectivity index (χ2v) is 9.82. The van der Waals surface area contributed by atoms with E-state index < -0.39 is 22.0 Å². The Morgan fingerprint density at radius 3 is 2.41 bits per heavy atom. The number of amides is 1. The van der Waals surface area contributed by atoms with E-state index in [2.05, 4.69) is 20.2 Å². The first-order valence-electron chi connectivity index (χ1n) is 8.65. The molecule has 1 aromatic heterocycles. The Morgan fingerprint density at radius 2 is 1.76 bits per heavy atom. The number of carbonyl (C=O) groups excluding carboxylic acids is 1. The number of aryl methyl sites for hydroxylation is 2. The Labute approximate surface area is 178 Å². The van der Waals surface area contributed by atoms with Gasteiger partial charge in [-0.3, -0.25) is 10.1 Å². The van der Waals surface area contributed by atoms with Gasteiger partial charge in [-0.15, -0.1) is 10.2 Å². The molecule has 7 nitrogen and oxygen atoms in total. The van der Waals surface area contributed by atoms with Crippen LogP contribution in [0, 0.1) is 13.8 Å². The van der Waals surface area contributed by atoms with Crippen molar-refractivity contribution in [3.8, 4) is 0 Å². The maximum atomic E-state index is 12.6. The summed E-state index contributed by atoms with van der Waals surface area (Å²) in [5.41, 5.74) is 3.43. The lowest BCUT2D eigenvalue weighted by Gasteiger charge is -2.14. The Bertz CT molecular complexity index is 1140. The number of carbonyl (C=O) groups is 1. The molecule has 0 saturated heterocycles. The van der Waals surface area contributed by atoms with Crippen molar-refractivity contribution in [3.63, 3.8) is 0 Å². The van der Waals surface area contributed by atoms with E-state index >= 15 is 0 Å². The van der Waals surface area contributed by atoms with Crippen LogP contribution >= 0.6 is 22.9 Å². The first-order valence-corrected chi connectivity index (χ1v) is 11.3. The summed E-state index contributed by atoms with van der Waals surface area (Å²) in [7, 11) is -3.89. The summed E-state index contributed by atoms with van der Waals surface area (Å²) >= 11 is 6.58. The molecule has 1 unspecified atom stereocenters. The number of benzene rings is 2. The van der Waals surface area contributed by atoms with Gasteiger partial charge in [-0.1, -0.05) is 41.1 Å². The van der Waals surface area contributed by atoms with Crippen LogP contribution in [-0.4, -0.2) is 24.5 Å². The van der Waals surface area contributed by atoms with Crippen molar-refractivity contribution >= 4 is 44.0 Å². The molecule has 1 atom stereocenters. The number of aromatic nitrogens is 2. The average Bonchev–Trinajstić information content (AvgIpc) is 3.13. The average molecular weight is 451 g/mol. The van der Waals surface area contributed by atoms with Crippen molar-refractivity contribution in [2.24, 2.45) is 0 Å². The number of sulfonamides is 1. The molecule has 0 aliphatic rings. The van der Waals surface area contributed by atoms with Crippen molar-refractivity contribution < 1.29 is 13.2 Å².